The summed E-state index contributed by atoms with van der Waals surface area (Å²) in [6.07, 6.45) is -8.64. The fourth-order valence-corrected chi connectivity index (χ4v) is 2.62. The molecule has 1 saturated heterocycles. The van der Waals surface area contributed by atoms with Gasteiger partial charge in [-0.2, -0.15) is 13.2 Å². The van der Waals surface area contributed by atoms with Crippen molar-refractivity contribution in [2.75, 3.05) is 20.8 Å². The maximum Gasteiger partial charge on any atom is 0.428 e. The summed E-state index contributed by atoms with van der Waals surface area (Å²) in [7, 11) is 1.98. The zero-order valence-corrected chi connectivity index (χ0v) is 15.8. The third kappa shape index (κ3) is 5.32. The number of carbonyl (C=O) groups is 3. The summed E-state index contributed by atoms with van der Waals surface area (Å²) in [6.45, 7) is 4.69. The lowest BCUT2D eigenvalue weighted by Gasteiger charge is -2.31. The van der Waals surface area contributed by atoms with Gasteiger partial charge in [-0.3, -0.25) is 9.69 Å². The van der Waals surface area contributed by atoms with Crippen molar-refractivity contribution in [1.82, 2.24) is 4.90 Å². The highest BCUT2D eigenvalue weighted by Crippen LogP contribution is 2.36. The molecule has 0 saturated carbocycles. The Morgan fingerprint density at radius 2 is 1.70 bits per heavy atom. The average Bonchev–Trinajstić information content (AvgIpc) is 2.95. The number of carbonyl (C=O) groups excluding carboxylic acids is 3. The molecule has 1 N–H and O–H groups in total. The van der Waals surface area contributed by atoms with E-state index in [1.54, 1.807) is 20.8 Å². The van der Waals surface area contributed by atoms with Gasteiger partial charge in [0, 0.05) is 13.5 Å². The lowest BCUT2D eigenvalue weighted by molar-refractivity contribution is -0.262. The number of aliphatic hydroxyl groups is 1. The summed E-state index contributed by atoms with van der Waals surface area (Å²) < 4.78 is 53.8. The molecule has 1 aliphatic heterocycles. The van der Waals surface area contributed by atoms with Crippen LogP contribution in [0, 0.1) is 0 Å². The summed E-state index contributed by atoms with van der Waals surface area (Å²) in [6, 6.07) is -1.34. The minimum Gasteiger partial charge on any atom is -0.467 e. The summed E-state index contributed by atoms with van der Waals surface area (Å²) in [4.78, 5) is 37.2. The molecule has 27 heavy (non-hydrogen) atoms. The van der Waals surface area contributed by atoms with Crippen molar-refractivity contribution in [2.24, 2.45) is 0 Å². The Balaban J connectivity index is 3.10. The van der Waals surface area contributed by atoms with Crippen LogP contribution in [0.5, 0.6) is 0 Å². The van der Waals surface area contributed by atoms with Gasteiger partial charge in [0.1, 0.15) is 5.60 Å². The molecule has 1 fully saturated rings. The van der Waals surface area contributed by atoms with Crippen LogP contribution in [0.4, 0.5) is 18.0 Å². The number of likely N-dealkylation sites (tertiary alicyclic amines) is 1. The normalized spacial score (nSPS) is 22.9. The van der Waals surface area contributed by atoms with Crippen molar-refractivity contribution < 1.29 is 46.9 Å². The second-order valence-electron chi connectivity index (χ2n) is 7.23. The molecule has 0 aliphatic carbocycles. The summed E-state index contributed by atoms with van der Waals surface area (Å²) in [5.74, 6) is -3.17. The van der Waals surface area contributed by atoms with Crippen LogP contribution in [-0.4, -0.2) is 78.1 Å². The van der Waals surface area contributed by atoms with Crippen molar-refractivity contribution in [3.05, 3.63) is 0 Å². The van der Waals surface area contributed by atoms with Crippen LogP contribution in [-0.2, 0) is 23.8 Å². The number of Topliss-reactive ketones (excluding diaryl/α,β-unsaturated/α-hetero) is 1. The Labute approximate surface area is 154 Å². The van der Waals surface area contributed by atoms with Gasteiger partial charge in [0.15, 0.2) is 5.78 Å². The van der Waals surface area contributed by atoms with Crippen molar-refractivity contribution in [2.45, 2.75) is 63.1 Å². The van der Waals surface area contributed by atoms with Gasteiger partial charge in [0.2, 0.25) is 0 Å². The topological polar surface area (TPSA) is 102 Å². The lowest BCUT2D eigenvalue weighted by Crippen LogP contribution is -2.56. The molecule has 0 aromatic heterocycles. The standard InChI is InChI=1S/C16H24F3NO7/c1-14(2,3)27-13(23)20-8-9(25-4)6-10(20)11(21)7-15(24,12(22)26-5)16(17,18)19/h9-10,24H,6-8H2,1-5H3. The number of rotatable bonds is 5. The zero-order chi connectivity index (χ0) is 21.2. The molecule has 8 nitrogen and oxygen atoms in total. The van der Waals surface area contributed by atoms with E-state index in [0.29, 0.717) is 7.11 Å². The quantitative estimate of drug-likeness (QED) is 0.698. The van der Waals surface area contributed by atoms with Gasteiger partial charge in [-0.25, -0.2) is 9.59 Å². The maximum atomic E-state index is 13.2. The Hall–Kier alpha value is -1.88. The van der Waals surface area contributed by atoms with Crippen molar-refractivity contribution in [3.63, 3.8) is 0 Å². The first-order chi connectivity index (χ1) is 12.2. The second kappa shape index (κ2) is 8.01. The van der Waals surface area contributed by atoms with Crippen LogP contribution >= 0.6 is 0 Å². The van der Waals surface area contributed by atoms with Gasteiger partial charge in [-0.15, -0.1) is 0 Å². The molecular weight excluding hydrogens is 375 g/mol. The predicted octanol–water partition coefficient (Wildman–Crippen LogP) is 1.44. The van der Waals surface area contributed by atoms with Crippen molar-refractivity contribution in [3.8, 4) is 0 Å². The largest absolute Gasteiger partial charge is 0.467 e. The molecule has 3 atom stereocenters. The number of hydrogen-bond acceptors (Lipinski definition) is 7. The number of ether oxygens (including phenoxy) is 3. The molecule has 1 aliphatic rings. The van der Waals surface area contributed by atoms with E-state index in [2.05, 4.69) is 4.74 Å². The van der Waals surface area contributed by atoms with Gasteiger partial charge in [0.05, 0.1) is 32.2 Å². The van der Waals surface area contributed by atoms with E-state index >= 15 is 0 Å². The molecule has 0 aromatic rings. The third-order valence-corrected chi connectivity index (χ3v) is 4.02. The summed E-state index contributed by atoms with van der Waals surface area (Å²) >= 11 is 0. The Kier molecular flexibility index (Phi) is 6.87. The Morgan fingerprint density at radius 3 is 2.11 bits per heavy atom. The minimum absolute atomic E-state index is 0.0789. The summed E-state index contributed by atoms with van der Waals surface area (Å²) in [5.41, 5.74) is -4.90. The molecule has 0 bridgehead atoms. The highest BCUT2D eigenvalue weighted by Gasteiger charge is 2.62. The second-order valence-corrected chi connectivity index (χ2v) is 7.23. The fourth-order valence-electron chi connectivity index (χ4n) is 2.62. The Bertz CT molecular complexity index is 588. The van der Waals surface area contributed by atoms with Gasteiger partial charge in [0.25, 0.3) is 5.60 Å². The smallest absolute Gasteiger partial charge is 0.428 e. The van der Waals surface area contributed by atoms with E-state index in [1.807, 2.05) is 0 Å². The molecule has 0 aromatic carbocycles. The molecule has 156 valence electrons. The van der Waals surface area contributed by atoms with Crippen molar-refractivity contribution >= 4 is 17.8 Å². The van der Waals surface area contributed by atoms with E-state index in [-0.39, 0.29) is 13.0 Å². The van der Waals surface area contributed by atoms with Crippen LogP contribution in [0.1, 0.15) is 33.6 Å². The first kappa shape index (κ1) is 23.2. The molecule has 1 heterocycles. The van der Waals surface area contributed by atoms with Gasteiger partial charge < -0.3 is 19.3 Å². The van der Waals surface area contributed by atoms with E-state index in [9.17, 15) is 32.7 Å². The number of halogens is 3. The number of esters is 1. The molecule has 0 radical (unpaired) electrons. The average molecular weight is 399 g/mol. The van der Waals surface area contributed by atoms with Crippen LogP contribution in [0.15, 0.2) is 0 Å². The zero-order valence-electron chi connectivity index (χ0n) is 15.8. The number of hydrogen-bond donors (Lipinski definition) is 1. The predicted molar refractivity (Wildman–Crippen MR) is 84.8 cm³/mol. The van der Waals surface area contributed by atoms with Crippen LogP contribution in [0.2, 0.25) is 0 Å². The number of methoxy groups -OCH3 is 2. The number of ketones is 1. The van der Waals surface area contributed by atoms with Gasteiger partial charge in [-0.05, 0) is 20.8 Å². The molecular formula is C16H24F3NO7. The van der Waals surface area contributed by atoms with Crippen LogP contribution in [0.25, 0.3) is 0 Å². The first-order valence-electron chi connectivity index (χ1n) is 8.09. The van der Waals surface area contributed by atoms with Gasteiger partial charge in [-0.1, -0.05) is 0 Å². The maximum absolute atomic E-state index is 13.2. The highest BCUT2D eigenvalue weighted by atomic mass is 19.4. The molecule has 3 unspecified atom stereocenters. The summed E-state index contributed by atoms with van der Waals surface area (Å²) in [5, 5.41) is 9.80. The van der Waals surface area contributed by atoms with E-state index in [4.69, 9.17) is 9.47 Å². The van der Waals surface area contributed by atoms with Crippen LogP contribution < -0.4 is 0 Å². The number of alkyl halides is 3. The SMILES string of the molecule is COC(=O)C(O)(CC(=O)C1CC(OC)CN1C(=O)OC(C)(C)C)C(F)(F)F. The van der Waals surface area contributed by atoms with E-state index < -0.39 is 53.8 Å². The molecule has 11 heteroatoms. The molecule has 1 rings (SSSR count). The molecule has 1 amide bonds. The van der Waals surface area contributed by atoms with Gasteiger partial charge >= 0.3 is 18.2 Å². The first-order valence-corrected chi connectivity index (χ1v) is 8.09. The third-order valence-electron chi connectivity index (χ3n) is 4.02. The Morgan fingerprint density at radius 1 is 1.15 bits per heavy atom. The highest BCUT2D eigenvalue weighted by molar-refractivity contribution is 5.94. The van der Waals surface area contributed by atoms with Crippen LogP contribution in [0.3, 0.4) is 0 Å². The fraction of sp³-hybridized carbons (Fsp3) is 0.812. The lowest BCUT2D eigenvalue weighted by atomic mass is 9.92. The monoisotopic (exact) mass is 399 g/mol. The number of nitrogens with zero attached hydrogens (tertiary/aromatic N) is 1. The van der Waals surface area contributed by atoms with E-state index in [0.717, 1.165) is 4.90 Å². The molecule has 0 spiro atoms. The minimum atomic E-state index is -5.44. The van der Waals surface area contributed by atoms with E-state index in [1.165, 1.54) is 7.11 Å². The number of amides is 1. The van der Waals surface area contributed by atoms with Crippen molar-refractivity contribution in [1.29, 1.82) is 0 Å².